The second-order valence-electron chi connectivity index (χ2n) is 4.10. The number of nitrogens with zero attached hydrogens (tertiary/aromatic N) is 5. The van der Waals surface area contributed by atoms with E-state index in [-0.39, 0.29) is 0 Å². The fourth-order valence-corrected chi connectivity index (χ4v) is 1.71. The van der Waals surface area contributed by atoms with Crippen LogP contribution < -0.4 is 5.73 Å². The van der Waals surface area contributed by atoms with Gasteiger partial charge in [0.05, 0.1) is 0 Å². The summed E-state index contributed by atoms with van der Waals surface area (Å²) in [5, 5.41) is 4.40. The number of anilines is 1. The molecule has 0 saturated carbocycles. The zero-order valence-corrected chi connectivity index (χ0v) is 10.4. The van der Waals surface area contributed by atoms with Crippen molar-refractivity contribution in [3.63, 3.8) is 0 Å². The van der Waals surface area contributed by atoms with Crippen LogP contribution in [0.25, 0.3) is 17.2 Å². The molecule has 0 saturated heterocycles. The molecule has 0 aliphatic heterocycles. The standard InChI is InChI=1S/C13H12N6/c1-9-15-7-6-12(17-9)19-8-16-13(18-19)10-2-4-11(14)5-3-10/h2-8H,14H2,1H3. The molecule has 0 atom stereocenters. The van der Waals surface area contributed by atoms with Crippen LogP contribution in [0.3, 0.4) is 0 Å². The average molecular weight is 252 g/mol. The number of aryl methyl sites for hydroxylation is 1. The third-order valence-electron chi connectivity index (χ3n) is 2.66. The Hall–Kier alpha value is -2.76. The number of hydrogen-bond acceptors (Lipinski definition) is 5. The van der Waals surface area contributed by atoms with Crippen molar-refractivity contribution in [1.82, 2.24) is 24.7 Å². The van der Waals surface area contributed by atoms with Gasteiger partial charge in [-0.2, -0.15) is 0 Å². The number of benzene rings is 1. The molecule has 0 amide bonds. The molecule has 6 heteroatoms. The van der Waals surface area contributed by atoms with Crippen molar-refractivity contribution in [3.05, 3.63) is 48.7 Å². The Bertz CT molecular complexity index is 701. The highest BCUT2D eigenvalue weighted by atomic mass is 15.4. The van der Waals surface area contributed by atoms with E-state index in [4.69, 9.17) is 5.73 Å². The Kier molecular flexibility index (Phi) is 2.68. The van der Waals surface area contributed by atoms with E-state index < -0.39 is 0 Å². The lowest BCUT2D eigenvalue weighted by Gasteiger charge is -1.99. The molecule has 0 bridgehead atoms. The van der Waals surface area contributed by atoms with E-state index >= 15 is 0 Å². The Morgan fingerprint density at radius 2 is 1.84 bits per heavy atom. The predicted molar refractivity (Wildman–Crippen MR) is 71.5 cm³/mol. The van der Waals surface area contributed by atoms with Crippen LogP contribution in [0.1, 0.15) is 5.82 Å². The molecule has 0 aliphatic rings. The molecule has 2 aromatic heterocycles. The van der Waals surface area contributed by atoms with Gasteiger partial charge in [-0.25, -0.2) is 19.6 Å². The maximum Gasteiger partial charge on any atom is 0.181 e. The van der Waals surface area contributed by atoms with Crippen LogP contribution in [0.5, 0.6) is 0 Å². The lowest BCUT2D eigenvalue weighted by Crippen LogP contribution is -2.00. The largest absolute Gasteiger partial charge is 0.399 e. The number of hydrogen-bond donors (Lipinski definition) is 1. The van der Waals surface area contributed by atoms with Crippen molar-refractivity contribution in [2.45, 2.75) is 6.92 Å². The van der Waals surface area contributed by atoms with Crippen LogP contribution in [-0.4, -0.2) is 24.7 Å². The molecule has 19 heavy (non-hydrogen) atoms. The molecular formula is C13H12N6. The highest BCUT2D eigenvalue weighted by Gasteiger charge is 2.06. The SMILES string of the molecule is Cc1nccc(-n2cnc(-c3ccc(N)cc3)n2)n1. The van der Waals surface area contributed by atoms with Gasteiger partial charge in [-0.1, -0.05) is 0 Å². The highest BCUT2D eigenvalue weighted by molar-refractivity contribution is 5.58. The second-order valence-corrected chi connectivity index (χ2v) is 4.10. The summed E-state index contributed by atoms with van der Waals surface area (Å²) < 4.78 is 1.63. The summed E-state index contributed by atoms with van der Waals surface area (Å²) in [7, 11) is 0. The number of nitrogens with two attached hydrogens (primary N) is 1. The predicted octanol–water partition coefficient (Wildman–Crippen LogP) is 1.61. The van der Waals surface area contributed by atoms with Gasteiger partial charge in [-0.3, -0.25) is 0 Å². The van der Waals surface area contributed by atoms with Gasteiger partial charge in [-0.05, 0) is 31.2 Å². The van der Waals surface area contributed by atoms with E-state index in [9.17, 15) is 0 Å². The van der Waals surface area contributed by atoms with Crippen LogP contribution in [0.15, 0.2) is 42.9 Å². The minimum atomic E-state index is 0.635. The van der Waals surface area contributed by atoms with Crippen LogP contribution in [0, 0.1) is 6.92 Å². The topological polar surface area (TPSA) is 82.5 Å². The monoisotopic (exact) mass is 252 g/mol. The Morgan fingerprint density at radius 1 is 1.05 bits per heavy atom. The molecule has 2 N–H and O–H groups in total. The fourth-order valence-electron chi connectivity index (χ4n) is 1.71. The quantitative estimate of drug-likeness (QED) is 0.701. The summed E-state index contributed by atoms with van der Waals surface area (Å²) in [5.74, 6) is 2.03. The van der Waals surface area contributed by atoms with Crippen molar-refractivity contribution >= 4 is 5.69 Å². The van der Waals surface area contributed by atoms with E-state index in [0.29, 0.717) is 17.5 Å². The normalized spacial score (nSPS) is 10.6. The summed E-state index contributed by atoms with van der Waals surface area (Å²) in [6.45, 7) is 1.83. The van der Waals surface area contributed by atoms with Gasteiger partial charge in [-0.15, -0.1) is 5.10 Å². The first kappa shape index (κ1) is 11.3. The molecule has 0 unspecified atom stereocenters. The Balaban J connectivity index is 1.97. The molecule has 0 aliphatic carbocycles. The average Bonchev–Trinajstić information content (AvgIpc) is 2.89. The van der Waals surface area contributed by atoms with E-state index in [1.807, 2.05) is 31.2 Å². The smallest absolute Gasteiger partial charge is 0.181 e. The van der Waals surface area contributed by atoms with Crippen molar-refractivity contribution in [2.75, 3.05) is 5.73 Å². The Morgan fingerprint density at radius 3 is 2.58 bits per heavy atom. The maximum atomic E-state index is 5.65. The van der Waals surface area contributed by atoms with Crippen molar-refractivity contribution in [2.24, 2.45) is 0 Å². The van der Waals surface area contributed by atoms with Crippen LogP contribution in [0.2, 0.25) is 0 Å². The molecule has 3 aromatic rings. The second kappa shape index (κ2) is 4.49. The maximum absolute atomic E-state index is 5.65. The fraction of sp³-hybridized carbons (Fsp3) is 0.0769. The zero-order chi connectivity index (χ0) is 13.2. The first-order chi connectivity index (χ1) is 9.22. The molecule has 3 rings (SSSR count). The molecule has 1 aromatic carbocycles. The third-order valence-corrected chi connectivity index (χ3v) is 2.66. The van der Waals surface area contributed by atoms with E-state index in [0.717, 1.165) is 11.3 Å². The van der Waals surface area contributed by atoms with Gasteiger partial charge in [0.15, 0.2) is 11.6 Å². The molecule has 94 valence electrons. The molecule has 0 radical (unpaired) electrons. The lowest BCUT2D eigenvalue weighted by molar-refractivity contribution is 0.829. The number of nitrogen functional groups attached to an aromatic ring is 1. The minimum absolute atomic E-state index is 0.635. The molecular weight excluding hydrogens is 240 g/mol. The molecule has 0 fully saturated rings. The number of rotatable bonds is 2. The van der Waals surface area contributed by atoms with E-state index in [2.05, 4.69) is 20.1 Å². The van der Waals surface area contributed by atoms with Crippen LogP contribution in [0.4, 0.5) is 5.69 Å². The van der Waals surface area contributed by atoms with Crippen molar-refractivity contribution in [3.8, 4) is 17.2 Å². The third kappa shape index (κ3) is 2.28. The summed E-state index contributed by atoms with van der Waals surface area (Å²) in [5.41, 5.74) is 7.29. The molecule has 6 nitrogen and oxygen atoms in total. The summed E-state index contributed by atoms with van der Waals surface area (Å²) in [4.78, 5) is 12.6. The van der Waals surface area contributed by atoms with Gasteiger partial charge in [0.2, 0.25) is 0 Å². The van der Waals surface area contributed by atoms with Gasteiger partial charge < -0.3 is 5.73 Å². The van der Waals surface area contributed by atoms with Crippen LogP contribution >= 0.6 is 0 Å². The van der Waals surface area contributed by atoms with Gasteiger partial charge >= 0.3 is 0 Å². The van der Waals surface area contributed by atoms with Gasteiger partial charge in [0, 0.05) is 23.5 Å². The minimum Gasteiger partial charge on any atom is -0.399 e. The first-order valence-corrected chi connectivity index (χ1v) is 5.80. The number of aromatic nitrogens is 5. The zero-order valence-electron chi connectivity index (χ0n) is 10.4. The summed E-state index contributed by atoms with van der Waals surface area (Å²) >= 11 is 0. The van der Waals surface area contributed by atoms with E-state index in [1.54, 1.807) is 23.3 Å². The lowest BCUT2D eigenvalue weighted by atomic mass is 10.2. The summed E-state index contributed by atoms with van der Waals surface area (Å²) in [6.07, 6.45) is 3.33. The van der Waals surface area contributed by atoms with Gasteiger partial charge in [0.1, 0.15) is 12.2 Å². The Labute approximate surface area is 110 Å². The highest BCUT2D eigenvalue weighted by Crippen LogP contribution is 2.16. The van der Waals surface area contributed by atoms with Gasteiger partial charge in [0.25, 0.3) is 0 Å². The summed E-state index contributed by atoms with van der Waals surface area (Å²) in [6, 6.07) is 9.21. The van der Waals surface area contributed by atoms with Crippen LogP contribution in [-0.2, 0) is 0 Å². The molecule has 0 spiro atoms. The molecule has 2 heterocycles. The van der Waals surface area contributed by atoms with Crippen molar-refractivity contribution < 1.29 is 0 Å². The first-order valence-electron chi connectivity index (χ1n) is 5.80. The van der Waals surface area contributed by atoms with E-state index in [1.165, 1.54) is 0 Å². The van der Waals surface area contributed by atoms with Crippen molar-refractivity contribution in [1.29, 1.82) is 0 Å².